The van der Waals surface area contributed by atoms with Gasteiger partial charge in [0.2, 0.25) is 0 Å². The number of hydrogen-bond donors (Lipinski definition) is 0. The van der Waals surface area contributed by atoms with Crippen molar-refractivity contribution in [2.75, 3.05) is 19.6 Å². The van der Waals surface area contributed by atoms with Crippen LogP contribution in [0, 0.1) is 23.2 Å². The Kier molecular flexibility index (Phi) is 3.42. The fourth-order valence-corrected chi connectivity index (χ4v) is 4.14. The van der Waals surface area contributed by atoms with Crippen molar-refractivity contribution < 1.29 is 0 Å². The lowest BCUT2D eigenvalue weighted by Gasteiger charge is -2.44. The molecule has 0 spiro atoms. The van der Waals surface area contributed by atoms with Gasteiger partial charge in [0, 0.05) is 18.5 Å². The summed E-state index contributed by atoms with van der Waals surface area (Å²) in [5, 5.41) is 0. The van der Waals surface area contributed by atoms with Gasteiger partial charge in [0.15, 0.2) is 0 Å². The largest absolute Gasteiger partial charge is 0.298 e. The first-order chi connectivity index (χ1) is 7.88. The molecular formula is C16H29N. The lowest BCUT2D eigenvalue weighted by Crippen LogP contribution is -2.42. The van der Waals surface area contributed by atoms with Crippen LogP contribution in [0.15, 0.2) is 11.1 Å². The van der Waals surface area contributed by atoms with Crippen molar-refractivity contribution >= 4 is 0 Å². The highest BCUT2D eigenvalue weighted by molar-refractivity contribution is 5.33. The van der Waals surface area contributed by atoms with E-state index in [9.17, 15) is 0 Å². The zero-order chi connectivity index (χ0) is 12.8. The second-order valence-electron chi connectivity index (χ2n) is 7.02. The normalized spacial score (nSPS) is 33.4. The lowest BCUT2D eigenvalue weighted by atomic mass is 9.64. The minimum atomic E-state index is 0.492. The second-order valence-corrected chi connectivity index (χ2v) is 7.02. The van der Waals surface area contributed by atoms with E-state index in [2.05, 4.69) is 46.4 Å². The molecule has 1 fully saturated rings. The Morgan fingerprint density at radius 3 is 2.12 bits per heavy atom. The van der Waals surface area contributed by atoms with Gasteiger partial charge < -0.3 is 0 Å². The Hall–Kier alpha value is -0.300. The lowest BCUT2D eigenvalue weighted by molar-refractivity contribution is 0.193. The molecule has 0 saturated carbocycles. The van der Waals surface area contributed by atoms with Crippen LogP contribution < -0.4 is 0 Å². The fourth-order valence-electron chi connectivity index (χ4n) is 4.14. The summed E-state index contributed by atoms with van der Waals surface area (Å²) in [6, 6.07) is 0. The molecule has 1 nitrogen and oxygen atoms in total. The van der Waals surface area contributed by atoms with Gasteiger partial charge in [-0.25, -0.2) is 0 Å². The molecule has 0 aromatic rings. The molecule has 2 atom stereocenters. The van der Waals surface area contributed by atoms with E-state index in [0.29, 0.717) is 11.3 Å². The summed E-state index contributed by atoms with van der Waals surface area (Å²) in [6.45, 7) is 18.3. The summed E-state index contributed by atoms with van der Waals surface area (Å²) < 4.78 is 0. The summed E-state index contributed by atoms with van der Waals surface area (Å²) >= 11 is 0. The second kappa shape index (κ2) is 4.42. The molecule has 0 radical (unpaired) electrons. The Balaban J connectivity index is 2.52. The van der Waals surface area contributed by atoms with Crippen LogP contribution in [0.5, 0.6) is 0 Å². The molecular weight excluding hydrogens is 206 g/mol. The van der Waals surface area contributed by atoms with Crippen LogP contribution in [0.3, 0.4) is 0 Å². The van der Waals surface area contributed by atoms with Crippen molar-refractivity contribution in [3.63, 3.8) is 0 Å². The molecule has 2 unspecified atom stereocenters. The topological polar surface area (TPSA) is 3.24 Å². The molecule has 0 amide bonds. The van der Waals surface area contributed by atoms with Crippen LogP contribution in [-0.2, 0) is 0 Å². The van der Waals surface area contributed by atoms with Crippen molar-refractivity contribution in [3.05, 3.63) is 11.1 Å². The predicted molar refractivity (Wildman–Crippen MR) is 75.0 cm³/mol. The van der Waals surface area contributed by atoms with Gasteiger partial charge in [-0.15, -0.1) is 0 Å². The number of nitrogens with zero attached hydrogens (tertiary/aromatic N) is 1. The summed E-state index contributed by atoms with van der Waals surface area (Å²) in [6.07, 6.45) is 1.38. The van der Waals surface area contributed by atoms with E-state index in [4.69, 9.17) is 0 Å². The van der Waals surface area contributed by atoms with Crippen LogP contribution in [0.2, 0.25) is 0 Å². The average molecular weight is 235 g/mol. The molecule has 17 heavy (non-hydrogen) atoms. The third-order valence-corrected chi connectivity index (χ3v) is 5.04. The Morgan fingerprint density at radius 1 is 1.00 bits per heavy atom. The fraction of sp³-hybridized carbons (Fsp3) is 0.875. The van der Waals surface area contributed by atoms with Crippen LogP contribution >= 0.6 is 0 Å². The zero-order valence-corrected chi connectivity index (χ0v) is 12.5. The van der Waals surface area contributed by atoms with Gasteiger partial charge in [-0.2, -0.15) is 0 Å². The molecule has 2 bridgehead atoms. The minimum absolute atomic E-state index is 0.492. The highest BCUT2D eigenvalue weighted by Crippen LogP contribution is 2.52. The molecule has 0 aromatic carbocycles. The van der Waals surface area contributed by atoms with Crippen molar-refractivity contribution in [1.29, 1.82) is 0 Å². The third kappa shape index (κ3) is 1.97. The molecule has 1 heteroatoms. The number of hydrogen-bond acceptors (Lipinski definition) is 1. The van der Waals surface area contributed by atoms with Gasteiger partial charge in [0.1, 0.15) is 0 Å². The van der Waals surface area contributed by atoms with Gasteiger partial charge in [0.05, 0.1) is 0 Å². The van der Waals surface area contributed by atoms with Crippen molar-refractivity contribution in [1.82, 2.24) is 4.90 Å². The number of rotatable bonds is 3. The monoisotopic (exact) mass is 235 g/mol. The third-order valence-electron chi connectivity index (χ3n) is 5.04. The summed E-state index contributed by atoms with van der Waals surface area (Å²) in [4.78, 5) is 2.68. The Bertz CT molecular complexity index is 324. The molecule has 0 aromatic heterocycles. The van der Waals surface area contributed by atoms with Gasteiger partial charge in [-0.3, -0.25) is 4.90 Å². The highest BCUT2D eigenvalue weighted by atomic mass is 15.2. The molecule has 2 aliphatic heterocycles. The van der Waals surface area contributed by atoms with E-state index >= 15 is 0 Å². The smallest absolute Gasteiger partial charge is 0.0198 e. The number of fused-ring (bicyclic) bond motifs is 2. The minimum Gasteiger partial charge on any atom is -0.298 e. The van der Waals surface area contributed by atoms with Crippen molar-refractivity contribution in [2.24, 2.45) is 23.2 Å². The van der Waals surface area contributed by atoms with Crippen LogP contribution in [0.1, 0.15) is 48.0 Å². The first-order valence-electron chi connectivity index (χ1n) is 7.34. The zero-order valence-electron chi connectivity index (χ0n) is 12.5. The molecule has 2 rings (SSSR count). The molecule has 98 valence electrons. The summed E-state index contributed by atoms with van der Waals surface area (Å²) in [7, 11) is 0. The highest BCUT2D eigenvalue weighted by Gasteiger charge is 2.48. The van der Waals surface area contributed by atoms with E-state index < -0.39 is 0 Å². The SMILES string of the molecule is CC(C)C1=C(C(C)C)C2(C(C)C)CCN(C1)C2. The molecule has 0 N–H and O–H groups in total. The van der Waals surface area contributed by atoms with Gasteiger partial charge in [-0.05, 0) is 30.7 Å². The van der Waals surface area contributed by atoms with E-state index in [1.165, 1.54) is 26.1 Å². The van der Waals surface area contributed by atoms with E-state index in [1.807, 2.05) is 5.57 Å². The Morgan fingerprint density at radius 2 is 1.65 bits per heavy atom. The molecule has 2 aliphatic rings. The maximum absolute atomic E-state index is 2.68. The predicted octanol–water partition coefficient (Wildman–Crippen LogP) is 3.96. The first-order valence-corrected chi connectivity index (χ1v) is 7.34. The van der Waals surface area contributed by atoms with E-state index in [-0.39, 0.29) is 0 Å². The Labute approximate surface area is 107 Å². The van der Waals surface area contributed by atoms with Gasteiger partial charge in [-0.1, -0.05) is 52.7 Å². The molecule has 2 heterocycles. The summed E-state index contributed by atoms with van der Waals surface area (Å²) in [5.41, 5.74) is 4.06. The quantitative estimate of drug-likeness (QED) is 0.669. The first kappa shape index (κ1) is 13.1. The molecule has 0 aliphatic carbocycles. The van der Waals surface area contributed by atoms with Gasteiger partial charge >= 0.3 is 0 Å². The molecule has 1 saturated heterocycles. The van der Waals surface area contributed by atoms with E-state index in [0.717, 1.165) is 11.8 Å². The van der Waals surface area contributed by atoms with Crippen molar-refractivity contribution in [2.45, 2.75) is 48.0 Å². The maximum atomic E-state index is 2.68. The standard InChI is InChI=1S/C16H29N/c1-11(2)14-9-17-8-7-16(10-17,13(5)6)15(14)12(3)4/h11-13H,7-10H2,1-6H3. The average Bonchev–Trinajstić information content (AvgIpc) is 2.56. The summed E-state index contributed by atoms with van der Waals surface area (Å²) in [5.74, 6) is 2.21. The van der Waals surface area contributed by atoms with Crippen LogP contribution in [0.25, 0.3) is 0 Å². The van der Waals surface area contributed by atoms with Gasteiger partial charge in [0.25, 0.3) is 0 Å². The maximum Gasteiger partial charge on any atom is 0.0198 e. The van der Waals surface area contributed by atoms with Crippen LogP contribution in [0.4, 0.5) is 0 Å². The van der Waals surface area contributed by atoms with Crippen molar-refractivity contribution in [3.8, 4) is 0 Å². The van der Waals surface area contributed by atoms with Crippen LogP contribution in [-0.4, -0.2) is 24.5 Å². The van der Waals surface area contributed by atoms with E-state index in [1.54, 1.807) is 5.57 Å².